The van der Waals surface area contributed by atoms with Crippen molar-refractivity contribution < 1.29 is 14.3 Å². The zero-order valence-electron chi connectivity index (χ0n) is 15.2. The van der Waals surface area contributed by atoms with Crippen molar-refractivity contribution in [1.29, 1.82) is 0 Å². The molecule has 26 heavy (non-hydrogen) atoms. The van der Waals surface area contributed by atoms with Gasteiger partial charge < -0.3 is 14.4 Å². The summed E-state index contributed by atoms with van der Waals surface area (Å²) in [6.07, 6.45) is 0.945. The van der Waals surface area contributed by atoms with Crippen LogP contribution in [0.1, 0.15) is 38.7 Å². The van der Waals surface area contributed by atoms with E-state index in [1.54, 1.807) is 0 Å². The third kappa shape index (κ3) is 3.40. The minimum absolute atomic E-state index is 0.139. The average Bonchev–Trinajstić information content (AvgIpc) is 2.98. The van der Waals surface area contributed by atoms with E-state index in [2.05, 4.69) is 26.0 Å². The van der Waals surface area contributed by atoms with E-state index in [1.807, 2.05) is 40.9 Å². The fraction of sp³-hybridized carbons (Fsp3) is 0.381. The van der Waals surface area contributed by atoms with Gasteiger partial charge in [0.15, 0.2) is 11.5 Å². The Balaban J connectivity index is 1.46. The minimum atomic E-state index is 0.139. The molecule has 2 aromatic rings. The topological polar surface area (TPSA) is 38.8 Å². The smallest absolute Gasteiger partial charge is 0.253 e. The van der Waals surface area contributed by atoms with Gasteiger partial charge in [-0.2, -0.15) is 11.8 Å². The molecule has 4 rings (SSSR count). The first-order valence-electron chi connectivity index (χ1n) is 8.99. The molecule has 1 fully saturated rings. The third-order valence-electron chi connectivity index (χ3n) is 5.15. The van der Waals surface area contributed by atoms with Gasteiger partial charge in [-0.25, -0.2) is 0 Å². The maximum atomic E-state index is 12.9. The molecule has 0 radical (unpaired) electrons. The number of carbonyl (C=O) groups is 1. The van der Waals surface area contributed by atoms with E-state index in [0.717, 1.165) is 42.3 Å². The molecule has 2 aliphatic heterocycles. The Morgan fingerprint density at radius 3 is 2.73 bits per heavy atom. The molecule has 4 nitrogen and oxygen atoms in total. The number of carbonyl (C=O) groups excluding carboxylic acids is 1. The Kier molecular flexibility index (Phi) is 4.81. The maximum Gasteiger partial charge on any atom is 0.253 e. The van der Waals surface area contributed by atoms with Crippen LogP contribution in [0.2, 0.25) is 0 Å². The zero-order chi connectivity index (χ0) is 18.1. The molecule has 2 aliphatic rings. The summed E-state index contributed by atoms with van der Waals surface area (Å²) in [5.74, 6) is 2.73. The van der Waals surface area contributed by atoms with E-state index in [-0.39, 0.29) is 5.91 Å². The molecule has 1 unspecified atom stereocenters. The average molecular weight is 369 g/mol. The molecule has 1 saturated heterocycles. The molecule has 0 aromatic heterocycles. The van der Waals surface area contributed by atoms with Gasteiger partial charge in [-0.1, -0.05) is 12.1 Å². The van der Waals surface area contributed by atoms with Crippen molar-refractivity contribution in [3.8, 4) is 11.5 Å². The second-order valence-corrected chi connectivity index (χ2v) is 8.16. The van der Waals surface area contributed by atoms with Crippen molar-refractivity contribution >= 4 is 17.7 Å². The fourth-order valence-corrected chi connectivity index (χ4v) is 4.63. The number of amides is 1. The Bertz CT molecular complexity index is 836. The number of nitrogens with zero attached hydrogens (tertiary/aromatic N) is 1. The van der Waals surface area contributed by atoms with Crippen LogP contribution in [-0.4, -0.2) is 36.4 Å². The Labute approximate surface area is 158 Å². The van der Waals surface area contributed by atoms with E-state index >= 15 is 0 Å². The molecule has 1 amide bonds. The number of fused-ring (bicyclic) bond motifs is 1. The molecule has 0 N–H and O–H groups in total. The molecule has 2 aromatic carbocycles. The highest BCUT2D eigenvalue weighted by molar-refractivity contribution is 7.99. The van der Waals surface area contributed by atoms with Gasteiger partial charge in [0.1, 0.15) is 0 Å². The van der Waals surface area contributed by atoms with Crippen LogP contribution in [0, 0.1) is 13.8 Å². The molecule has 0 spiro atoms. The molecular formula is C21H23NO3S. The predicted molar refractivity (Wildman–Crippen MR) is 104 cm³/mol. The summed E-state index contributed by atoms with van der Waals surface area (Å²) >= 11 is 1.91. The van der Waals surface area contributed by atoms with E-state index in [0.29, 0.717) is 12.0 Å². The van der Waals surface area contributed by atoms with E-state index < -0.39 is 0 Å². The first-order chi connectivity index (χ1) is 12.6. The van der Waals surface area contributed by atoms with Crippen LogP contribution in [0.3, 0.4) is 0 Å². The first kappa shape index (κ1) is 17.3. The SMILES string of the molecule is Cc1ccc(C(=O)N2CCSC(c3ccc4c(c3)OCO4)CC2)cc1C. The highest BCUT2D eigenvalue weighted by Crippen LogP contribution is 2.40. The lowest BCUT2D eigenvalue weighted by molar-refractivity contribution is 0.0766. The van der Waals surface area contributed by atoms with Crippen LogP contribution >= 0.6 is 11.8 Å². The second-order valence-electron chi connectivity index (χ2n) is 6.85. The molecule has 0 aliphatic carbocycles. The lowest BCUT2D eigenvalue weighted by Gasteiger charge is -2.21. The van der Waals surface area contributed by atoms with Crippen LogP contribution in [0.15, 0.2) is 36.4 Å². The standard InChI is InChI=1S/C21H23NO3S/c1-14-3-4-17(11-15(14)2)21(23)22-8-7-20(26-10-9-22)16-5-6-18-19(12-16)25-13-24-18/h3-6,11-12,20H,7-10,13H2,1-2H3. The van der Waals surface area contributed by atoms with Gasteiger partial charge in [0.25, 0.3) is 5.91 Å². The van der Waals surface area contributed by atoms with Crippen molar-refractivity contribution in [1.82, 2.24) is 4.90 Å². The Hall–Kier alpha value is -2.14. The molecule has 5 heteroatoms. The summed E-state index contributed by atoms with van der Waals surface area (Å²) in [4.78, 5) is 14.9. The Morgan fingerprint density at radius 2 is 1.88 bits per heavy atom. The highest BCUT2D eigenvalue weighted by Gasteiger charge is 2.24. The van der Waals surface area contributed by atoms with Crippen LogP contribution < -0.4 is 9.47 Å². The summed E-state index contributed by atoms with van der Waals surface area (Å²) in [7, 11) is 0. The van der Waals surface area contributed by atoms with Crippen LogP contribution in [0.5, 0.6) is 11.5 Å². The molecule has 136 valence electrons. The van der Waals surface area contributed by atoms with Gasteiger partial charge in [-0.05, 0) is 61.2 Å². The van der Waals surface area contributed by atoms with Crippen molar-refractivity contribution in [2.75, 3.05) is 25.6 Å². The van der Waals surface area contributed by atoms with Crippen LogP contribution in [-0.2, 0) is 0 Å². The maximum absolute atomic E-state index is 12.9. The normalized spacial score (nSPS) is 19.3. The van der Waals surface area contributed by atoms with Crippen LogP contribution in [0.25, 0.3) is 0 Å². The summed E-state index contributed by atoms with van der Waals surface area (Å²) in [5.41, 5.74) is 4.42. The number of hydrogen-bond acceptors (Lipinski definition) is 4. The molecule has 1 atom stereocenters. The number of ether oxygens (including phenoxy) is 2. The fourth-order valence-electron chi connectivity index (χ4n) is 3.41. The minimum Gasteiger partial charge on any atom is -0.454 e. The van der Waals surface area contributed by atoms with Crippen LogP contribution in [0.4, 0.5) is 0 Å². The van der Waals surface area contributed by atoms with Gasteiger partial charge in [-0.3, -0.25) is 4.79 Å². The highest BCUT2D eigenvalue weighted by atomic mass is 32.2. The lowest BCUT2D eigenvalue weighted by Crippen LogP contribution is -2.33. The molecule has 0 bridgehead atoms. The number of rotatable bonds is 2. The largest absolute Gasteiger partial charge is 0.454 e. The second kappa shape index (κ2) is 7.23. The number of thioether (sulfide) groups is 1. The molecule has 2 heterocycles. The van der Waals surface area contributed by atoms with E-state index in [4.69, 9.17) is 9.47 Å². The van der Waals surface area contributed by atoms with Crippen molar-refractivity contribution in [2.45, 2.75) is 25.5 Å². The van der Waals surface area contributed by atoms with Crippen molar-refractivity contribution in [3.05, 3.63) is 58.7 Å². The summed E-state index contributed by atoms with van der Waals surface area (Å²) in [6, 6.07) is 12.2. The first-order valence-corrected chi connectivity index (χ1v) is 10.0. The predicted octanol–water partition coefficient (Wildman–Crippen LogP) is 4.35. The zero-order valence-corrected chi connectivity index (χ0v) is 16.0. The number of hydrogen-bond donors (Lipinski definition) is 0. The lowest BCUT2D eigenvalue weighted by atomic mass is 10.0. The quantitative estimate of drug-likeness (QED) is 0.789. The Morgan fingerprint density at radius 1 is 1.04 bits per heavy atom. The van der Waals surface area contributed by atoms with Gasteiger partial charge >= 0.3 is 0 Å². The van der Waals surface area contributed by atoms with Gasteiger partial charge in [0.2, 0.25) is 6.79 Å². The number of aryl methyl sites for hydroxylation is 2. The van der Waals surface area contributed by atoms with E-state index in [9.17, 15) is 4.79 Å². The number of benzene rings is 2. The van der Waals surface area contributed by atoms with Gasteiger partial charge in [0, 0.05) is 29.7 Å². The molecular weight excluding hydrogens is 346 g/mol. The third-order valence-corrected chi connectivity index (χ3v) is 6.48. The summed E-state index contributed by atoms with van der Waals surface area (Å²) in [5, 5.41) is 0.377. The van der Waals surface area contributed by atoms with Crippen molar-refractivity contribution in [2.24, 2.45) is 0 Å². The van der Waals surface area contributed by atoms with Crippen molar-refractivity contribution in [3.63, 3.8) is 0 Å². The summed E-state index contributed by atoms with van der Waals surface area (Å²) < 4.78 is 10.9. The van der Waals surface area contributed by atoms with E-state index in [1.165, 1.54) is 16.7 Å². The summed E-state index contributed by atoms with van der Waals surface area (Å²) in [6.45, 7) is 5.99. The van der Waals surface area contributed by atoms with Gasteiger partial charge in [-0.15, -0.1) is 0 Å². The monoisotopic (exact) mass is 369 g/mol. The van der Waals surface area contributed by atoms with Gasteiger partial charge in [0.05, 0.1) is 0 Å². The molecule has 0 saturated carbocycles.